The average molecular weight is 673 g/mol. The molecule has 0 fully saturated rings. The van der Waals surface area contributed by atoms with Crippen molar-refractivity contribution in [3.05, 3.63) is 97.1 Å². The molecule has 0 heterocycles. The summed E-state index contributed by atoms with van der Waals surface area (Å²) in [7, 11) is 0. The molecule has 50 heavy (non-hydrogen) atoms. The lowest BCUT2D eigenvalue weighted by Gasteiger charge is -2.25. The molecule has 4 aromatic rings. The molecule has 0 unspecified atom stereocenters. The molecule has 0 bridgehead atoms. The Morgan fingerprint density at radius 3 is 0.900 bits per heavy atom. The summed E-state index contributed by atoms with van der Waals surface area (Å²) in [5.41, 5.74) is 8.20. The van der Waals surface area contributed by atoms with Gasteiger partial charge < -0.3 is 9.80 Å². The summed E-state index contributed by atoms with van der Waals surface area (Å²) in [5.74, 6) is 0. The predicted molar refractivity (Wildman–Crippen MR) is 216 cm³/mol. The molecular weight excluding hydrogens is 613 g/mol. The molecule has 0 aliphatic heterocycles. The third kappa shape index (κ3) is 13.2. The number of unbranched alkanes of at least 4 members (excludes halogenated alkanes) is 8. The van der Waals surface area contributed by atoms with E-state index in [0.717, 1.165) is 60.1 Å². The zero-order valence-electron chi connectivity index (χ0n) is 31.2. The van der Waals surface area contributed by atoms with Gasteiger partial charge >= 0.3 is 0 Å². The smallest absolute Gasteiger partial charge is 0.0858 e. The van der Waals surface area contributed by atoms with Crippen LogP contribution in [-0.2, 0) is 0 Å². The van der Waals surface area contributed by atoms with Crippen LogP contribution in [-0.4, -0.2) is 26.2 Å². The van der Waals surface area contributed by atoms with E-state index < -0.39 is 0 Å². The van der Waals surface area contributed by atoms with Crippen LogP contribution in [0.25, 0.3) is 11.1 Å². The van der Waals surface area contributed by atoms with E-state index in [9.17, 15) is 0 Å². The van der Waals surface area contributed by atoms with Gasteiger partial charge in [-0.2, -0.15) is 20.5 Å². The first-order chi connectivity index (χ1) is 24.6. The third-order valence-electron chi connectivity index (χ3n) is 9.19. The maximum absolute atomic E-state index is 4.51. The van der Waals surface area contributed by atoms with Crippen molar-refractivity contribution < 1.29 is 0 Å². The van der Waals surface area contributed by atoms with Crippen LogP contribution in [0.15, 0.2) is 118 Å². The monoisotopic (exact) mass is 672 g/mol. The molecule has 0 N–H and O–H groups in total. The first kappa shape index (κ1) is 38.5. The van der Waals surface area contributed by atoms with Crippen LogP contribution >= 0.6 is 0 Å². The van der Waals surface area contributed by atoms with Gasteiger partial charge in [0, 0.05) is 37.6 Å². The van der Waals surface area contributed by atoms with Crippen molar-refractivity contribution in [1.82, 2.24) is 0 Å². The second kappa shape index (κ2) is 22.4. The van der Waals surface area contributed by atoms with Crippen molar-refractivity contribution in [2.24, 2.45) is 20.5 Å². The van der Waals surface area contributed by atoms with Crippen molar-refractivity contribution in [2.75, 3.05) is 36.0 Å². The van der Waals surface area contributed by atoms with Gasteiger partial charge in [0.2, 0.25) is 0 Å². The van der Waals surface area contributed by atoms with E-state index >= 15 is 0 Å². The van der Waals surface area contributed by atoms with E-state index in [1.54, 1.807) is 0 Å². The SMILES string of the molecule is CCCCCCN(CCCC)c1ccc(N=Nc2ccc(-c3ccc(N=Nc4ccc(N(CCCC)CCCCCC)cc4)cc3)cc2)cc1. The third-order valence-corrected chi connectivity index (χ3v) is 9.19. The lowest BCUT2D eigenvalue weighted by Crippen LogP contribution is -2.25. The molecule has 0 aliphatic carbocycles. The van der Waals surface area contributed by atoms with Crippen molar-refractivity contribution in [1.29, 1.82) is 0 Å². The second-order valence-electron chi connectivity index (χ2n) is 13.3. The van der Waals surface area contributed by atoms with Gasteiger partial charge in [-0.25, -0.2) is 0 Å². The molecule has 4 rings (SSSR count). The normalized spacial score (nSPS) is 11.5. The largest absolute Gasteiger partial charge is 0.372 e. The van der Waals surface area contributed by atoms with Crippen LogP contribution in [0, 0.1) is 0 Å². The molecule has 0 radical (unpaired) electrons. The summed E-state index contributed by atoms with van der Waals surface area (Å²) in [4.78, 5) is 5.04. The fraction of sp³-hybridized carbons (Fsp3) is 0.455. The number of anilines is 2. The quantitative estimate of drug-likeness (QED) is 0.0581. The summed E-state index contributed by atoms with van der Waals surface area (Å²) in [6.07, 6.45) is 15.1. The predicted octanol–water partition coefficient (Wildman–Crippen LogP) is 14.6. The maximum Gasteiger partial charge on any atom is 0.0858 e. The van der Waals surface area contributed by atoms with Gasteiger partial charge in [-0.3, -0.25) is 0 Å². The van der Waals surface area contributed by atoms with Crippen LogP contribution < -0.4 is 9.80 Å². The fourth-order valence-electron chi connectivity index (χ4n) is 6.03. The summed E-state index contributed by atoms with van der Waals surface area (Å²) in [6, 6.07) is 33.5. The van der Waals surface area contributed by atoms with E-state index in [2.05, 4.69) is 131 Å². The minimum atomic E-state index is 0.833. The fourth-order valence-corrected chi connectivity index (χ4v) is 6.03. The Bertz CT molecular complexity index is 1410. The highest BCUT2D eigenvalue weighted by atomic mass is 15.1. The topological polar surface area (TPSA) is 55.9 Å². The second-order valence-corrected chi connectivity index (χ2v) is 13.3. The van der Waals surface area contributed by atoms with Gasteiger partial charge in [-0.05, 0) is 110 Å². The van der Waals surface area contributed by atoms with Gasteiger partial charge in [-0.1, -0.05) is 103 Å². The van der Waals surface area contributed by atoms with E-state index in [4.69, 9.17) is 0 Å². The molecule has 0 saturated heterocycles. The number of hydrogen-bond donors (Lipinski definition) is 0. The van der Waals surface area contributed by atoms with Crippen LogP contribution in [0.5, 0.6) is 0 Å². The van der Waals surface area contributed by atoms with Gasteiger partial charge in [0.25, 0.3) is 0 Å². The summed E-state index contributed by atoms with van der Waals surface area (Å²) in [5, 5.41) is 18.0. The summed E-state index contributed by atoms with van der Waals surface area (Å²) in [6.45, 7) is 13.5. The first-order valence-corrected chi connectivity index (χ1v) is 19.4. The molecular formula is C44H60N6. The number of nitrogens with zero attached hydrogens (tertiary/aromatic N) is 6. The number of rotatable bonds is 23. The number of hydrogen-bond acceptors (Lipinski definition) is 6. The van der Waals surface area contributed by atoms with Gasteiger partial charge in [-0.15, -0.1) is 0 Å². The van der Waals surface area contributed by atoms with E-state index in [0.29, 0.717) is 0 Å². The molecule has 4 aromatic carbocycles. The Labute approximate surface area is 302 Å². The van der Waals surface area contributed by atoms with E-state index in [-0.39, 0.29) is 0 Å². The highest BCUT2D eigenvalue weighted by Gasteiger charge is 2.08. The molecule has 6 nitrogen and oxygen atoms in total. The van der Waals surface area contributed by atoms with E-state index in [1.807, 2.05) is 24.3 Å². The van der Waals surface area contributed by atoms with Crippen molar-refractivity contribution >= 4 is 34.1 Å². The minimum Gasteiger partial charge on any atom is -0.372 e. The molecule has 0 spiro atoms. The molecule has 266 valence electrons. The summed E-state index contributed by atoms with van der Waals surface area (Å²) < 4.78 is 0. The highest BCUT2D eigenvalue weighted by molar-refractivity contribution is 5.67. The number of azo groups is 2. The lowest BCUT2D eigenvalue weighted by molar-refractivity contribution is 0.630. The molecule has 0 amide bonds. The Morgan fingerprint density at radius 1 is 0.320 bits per heavy atom. The molecule has 0 aromatic heterocycles. The van der Waals surface area contributed by atoms with Gasteiger partial charge in [0.15, 0.2) is 0 Å². The van der Waals surface area contributed by atoms with Gasteiger partial charge in [0.1, 0.15) is 0 Å². The zero-order chi connectivity index (χ0) is 35.2. The standard InChI is InChI=1S/C44H60N6/c1-5-9-13-15-35-49(33-11-7-3)43-29-25-41(26-30-43)47-45-39-21-17-37(18-22-39)38-19-23-40(24-20-38)46-48-42-27-31-44(32-28-42)50(34-12-8-4)36-16-14-10-6-2/h17-32H,5-16,33-36H2,1-4H3. The zero-order valence-corrected chi connectivity index (χ0v) is 31.2. The number of benzene rings is 4. The van der Waals surface area contributed by atoms with Crippen molar-refractivity contribution in [2.45, 2.75) is 105 Å². The minimum absolute atomic E-state index is 0.833. The van der Waals surface area contributed by atoms with Crippen LogP contribution in [0.2, 0.25) is 0 Å². The van der Waals surface area contributed by atoms with Crippen molar-refractivity contribution in [3.8, 4) is 11.1 Å². The Hall–Kier alpha value is -4.32. The molecule has 6 heteroatoms. The van der Waals surface area contributed by atoms with Crippen LogP contribution in [0.1, 0.15) is 105 Å². The lowest BCUT2D eigenvalue weighted by atomic mass is 10.1. The van der Waals surface area contributed by atoms with E-state index in [1.165, 1.54) is 88.4 Å². The average Bonchev–Trinajstić information content (AvgIpc) is 3.17. The highest BCUT2D eigenvalue weighted by Crippen LogP contribution is 2.28. The Morgan fingerprint density at radius 2 is 0.600 bits per heavy atom. The van der Waals surface area contributed by atoms with Crippen LogP contribution in [0.4, 0.5) is 34.1 Å². The Balaban J connectivity index is 1.30. The molecule has 0 aliphatic rings. The molecule has 0 saturated carbocycles. The van der Waals surface area contributed by atoms with Crippen molar-refractivity contribution in [3.63, 3.8) is 0 Å². The Kier molecular flexibility index (Phi) is 17.2. The van der Waals surface area contributed by atoms with Gasteiger partial charge in [0.05, 0.1) is 22.7 Å². The maximum atomic E-state index is 4.51. The summed E-state index contributed by atoms with van der Waals surface area (Å²) >= 11 is 0. The molecule has 0 atom stereocenters. The van der Waals surface area contributed by atoms with Crippen LogP contribution in [0.3, 0.4) is 0 Å². The first-order valence-electron chi connectivity index (χ1n) is 19.4.